The highest BCUT2D eigenvalue weighted by Gasteiger charge is 2.18. The molecule has 1 aromatic carbocycles. The number of carbonyl (C=O) groups is 1. The third-order valence-corrected chi connectivity index (χ3v) is 4.78. The Labute approximate surface area is 134 Å². The van der Waals surface area contributed by atoms with Crippen molar-refractivity contribution in [3.8, 4) is 0 Å². The minimum absolute atomic E-state index is 0.140. The third-order valence-electron chi connectivity index (χ3n) is 3.85. The van der Waals surface area contributed by atoms with Crippen LogP contribution >= 0.6 is 11.8 Å². The summed E-state index contributed by atoms with van der Waals surface area (Å²) in [6, 6.07) is 9.19. The normalized spacial score (nSPS) is 12.3. The lowest BCUT2D eigenvalue weighted by Crippen LogP contribution is -2.36. The molecule has 4 nitrogen and oxygen atoms in total. The van der Waals surface area contributed by atoms with Gasteiger partial charge in [0.25, 0.3) is 11.5 Å². The van der Waals surface area contributed by atoms with Crippen molar-refractivity contribution < 1.29 is 4.79 Å². The molecule has 2 rings (SSSR count). The Balaban J connectivity index is 2.20. The molecule has 0 radical (unpaired) electrons. The largest absolute Gasteiger partial charge is 0.338 e. The van der Waals surface area contributed by atoms with Crippen molar-refractivity contribution >= 4 is 28.4 Å². The van der Waals surface area contributed by atoms with Crippen molar-refractivity contribution in [1.82, 2.24) is 9.88 Å². The second kappa shape index (κ2) is 7.49. The van der Waals surface area contributed by atoms with Crippen LogP contribution in [-0.4, -0.2) is 40.4 Å². The molecule has 0 aliphatic heterocycles. The first kappa shape index (κ1) is 16.6. The number of hydrogen-bond acceptors (Lipinski definition) is 3. The Kier molecular flexibility index (Phi) is 5.66. The number of nitrogens with zero attached hydrogens (tertiary/aromatic N) is 1. The molecule has 0 saturated carbocycles. The van der Waals surface area contributed by atoms with E-state index < -0.39 is 0 Å². The SMILES string of the molecule is CCSCCC(C)N(C)C(=O)c1cc2ccccc2c(=O)[nH]1. The second-order valence-electron chi connectivity index (χ2n) is 5.35. The number of carbonyl (C=O) groups excluding carboxylic acids is 1. The van der Waals surface area contributed by atoms with Crippen LogP contribution in [0.4, 0.5) is 0 Å². The number of benzene rings is 1. The van der Waals surface area contributed by atoms with E-state index >= 15 is 0 Å². The summed E-state index contributed by atoms with van der Waals surface area (Å²) in [5.41, 5.74) is 0.130. The lowest BCUT2D eigenvalue weighted by atomic mass is 10.1. The van der Waals surface area contributed by atoms with Crippen LogP contribution in [0.5, 0.6) is 0 Å². The molecule has 0 saturated heterocycles. The van der Waals surface area contributed by atoms with Crippen LogP contribution in [0, 0.1) is 0 Å². The standard InChI is InChI=1S/C17H22N2O2S/c1-4-22-10-9-12(2)19(3)17(21)15-11-13-7-5-6-8-14(13)16(20)18-15/h5-8,11-12H,4,9-10H2,1-3H3,(H,18,20). The van der Waals surface area contributed by atoms with Crippen molar-refractivity contribution in [3.05, 3.63) is 46.4 Å². The Bertz CT molecular complexity index is 711. The monoisotopic (exact) mass is 318 g/mol. The second-order valence-corrected chi connectivity index (χ2v) is 6.74. The van der Waals surface area contributed by atoms with Gasteiger partial charge in [0.05, 0.1) is 0 Å². The molecule has 5 heteroatoms. The number of pyridine rings is 1. The average molecular weight is 318 g/mol. The van der Waals surface area contributed by atoms with Crippen LogP contribution < -0.4 is 5.56 Å². The summed E-state index contributed by atoms with van der Waals surface area (Å²) < 4.78 is 0. The van der Waals surface area contributed by atoms with Gasteiger partial charge in [-0.2, -0.15) is 11.8 Å². The van der Waals surface area contributed by atoms with Gasteiger partial charge in [0.2, 0.25) is 0 Å². The van der Waals surface area contributed by atoms with Crippen LogP contribution in [0.2, 0.25) is 0 Å². The Hall–Kier alpha value is -1.75. The zero-order valence-corrected chi connectivity index (χ0v) is 14.1. The number of fused-ring (bicyclic) bond motifs is 1. The molecule has 0 aliphatic rings. The first-order valence-electron chi connectivity index (χ1n) is 7.51. The molecular weight excluding hydrogens is 296 g/mol. The summed E-state index contributed by atoms with van der Waals surface area (Å²) in [4.78, 5) is 29.0. The molecule has 0 fully saturated rings. The van der Waals surface area contributed by atoms with E-state index in [1.165, 1.54) is 0 Å². The van der Waals surface area contributed by atoms with Gasteiger partial charge in [-0.15, -0.1) is 0 Å². The molecule has 1 atom stereocenters. The van der Waals surface area contributed by atoms with Gasteiger partial charge in [-0.05, 0) is 42.4 Å². The Morgan fingerprint density at radius 3 is 2.82 bits per heavy atom. The molecule has 1 amide bonds. The fourth-order valence-electron chi connectivity index (χ4n) is 2.31. The molecule has 22 heavy (non-hydrogen) atoms. The highest BCUT2D eigenvalue weighted by atomic mass is 32.2. The van der Waals surface area contributed by atoms with E-state index in [1.807, 2.05) is 36.9 Å². The lowest BCUT2D eigenvalue weighted by Gasteiger charge is -2.24. The van der Waals surface area contributed by atoms with E-state index in [2.05, 4.69) is 11.9 Å². The summed E-state index contributed by atoms with van der Waals surface area (Å²) in [6.45, 7) is 4.16. The molecule has 0 aliphatic carbocycles. The molecule has 1 N–H and O–H groups in total. The zero-order valence-electron chi connectivity index (χ0n) is 13.3. The minimum atomic E-state index is -0.218. The maximum absolute atomic E-state index is 12.6. The topological polar surface area (TPSA) is 53.2 Å². The molecule has 118 valence electrons. The first-order valence-corrected chi connectivity index (χ1v) is 8.67. The number of amides is 1. The van der Waals surface area contributed by atoms with Gasteiger partial charge < -0.3 is 9.88 Å². The van der Waals surface area contributed by atoms with Gasteiger partial charge >= 0.3 is 0 Å². The van der Waals surface area contributed by atoms with E-state index in [9.17, 15) is 9.59 Å². The van der Waals surface area contributed by atoms with Crippen LogP contribution in [0.3, 0.4) is 0 Å². The van der Waals surface area contributed by atoms with E-state index in [1.54, 1.807) is 24.1 Å². The molecular formula is C17H22N2O2S. The number of hydrogen-bond donors (Lipinski definition) is 1. The van der Waals surface area contributed by atoms with Crippen molar-refractivity contribution in [3.63, 3.8) is 0 Å². The molecule has 1 unspecified atom stereocenters. The van der Waals surface area contributed by atoms with E-state index in [4.69, 9.17) is 0 Å². The molecule has 2 aromatic rings. The first-order chi connectivity index (χ1) is 10.5. The lowest BCUT2D eigenvalue weighted by molar-refractivity contribution is 0.0735. The number of thioether (sulfide) groups is 1. The van der Waals surface area contributed by atoms with Crippen molar-refractivity contribution in [2.75, 3.05) is 18.6 Å². The maximum Gasteiger partial charge on any atom is 0.270 e. The third kappa shape index (κ3) is 3.71. The smallest absolute Gasteiger partial charge is 0.270 e. The Morgan fingerprint density at radius 1 is 1.36 bits per heavy atom. The zero-order chi connectivity index (χ0) is 16.1. The predicted octanol–water partition coefficient (Wildman–Crippen LogP) is 3.13. The van der Waals surface area contributed by atoms with E-state index in [-0.39, 0.29) is 17.5 Å². The van der Waals surface area contributed by atoms with Gasteiger partial charge in [-0.25, -0.2) is 0 Å². The molecule has 0 bridgehead atoms. The van der Waals surface area contributed by atoms with Gasteiger partial charge in [0.1, 0.15) is 5.69 Å². The average Bonchev–Trinajstić information content (AvgIpc) is 2.53. The predicted molar refractivity (Wildman–Crippen MR) is 93.7 cm³/mol. The van der Waals surface area contributed by atoms with Crippen molar-refractivity contribution in [1.29, 1.82) is 0 Å². The highest BCUT2D eigenvalue weighted by Crippen LogP contribution is 2.14. The number of nitrogens with one attached hydrogen (secondary N) is 1. The molecule has 0 spiro atoms. The summed E-state index contributed by atoms with van der Waals surface area (Å²) in [5.74, 6) is 1.98. The Morgan fingerprint density at radius 2 is 2.09 bits per heavy atom. The number of H-pyrrole nitrogens is 1. The van der Waals surface area contributed by atoms with Gasteiger partial charge in [0.15, 0.2) is 0 Å². The maximum atomic E-state index is 12.6. The summed E-state index contributed by atoms with van der Waals surface area (Å²) in [5, 5.41) is 1.39. The fourth-order valence-corrected chi connectivity index (χ4v) is 3.10. The number of aromatic nitrogens is 1. The number of rotatable bonds is 6. The van der Waals surface area contributed by atoms with Crippen molar-refractivity contribution in [2.45, 2.75) is 26.3 Å². The quantitative estimate of drug-likeness (QED) is 0.833. The fraction of sp³-hybridized carbons (Fsp3) is 0.412. The van der Waals surface area contributed by atoms with E-state index in [0.29, 0.717) is 11.1 Å². The summed E-state index contributed by atoms with van der Waals surface area (Å²) >= 11 is 1.87. The van der Waals surface area contributed by atoms with Crippen LogP contribution in [0.1, 0.15) is 30.8 Å². The van der Waals surface area contributed by atoms with Crippen molar-refractivity contribution in [2.24, 2.45) is 0 Å². The summed E-state index contributed by atoms with van der Waals surface area (Å²) in [7, 11) is 1.79. The highest BCUT2D eigenvalue weighted by molar-refractivity contribution is 7.99. The van der Waals surface area contributed by atoms with Crippen LogP contribution in [0.15, 0.2) is 35.1 Å². The molecule has 1 aromatic heterocycles. The minimum Gasteiger partial charge on any atom is -0.338 e. The van der Waals surface area contributed by atoms with Gasteiger partial charge in [-0.1, -0.05) is 25.1 Å². The summed E-state index contributed by atoms with van der Waals surface area (Å²) in [6.07, 6.45) is 0.943. The number of aromatic amines is 1. The van der Waals surface area contributed by atoms with Crippen LogP contribution in [-0.2, 0) is 0 Å². The molecule has 1 heterocycles. The van der Waals surface area contributed by atoms with Gasteiger partial charge in [-0.3, -0.25) is 9.59 Å². The van der Waals surface area contributed by atoms with Gasteiger partial charge in [0, 0.05) is 18.5 Å². The van der Waals surface area contributed by atoms with Crippen LogP contribution in [0.25, 0.3) is 10.8 Å². The van der Waals surface area contributed by atoms with E-state index in [0.717, 1.165) is 23.3 Å².